The number of nitrogens with zero attached hydrogens (tertiary/aromatic N) is 2. The Morgan fingerprint density at radius 2 is 1.66 bits per heavy atom. The lowest BCUT2D eigenvalue weighted by Crippen LogP contribution is -2.36. The lowest BCUT2D eigenvalue weighted by Gasteiger charge is -2.39. The highest BCUT2D eigenvalue weighted by Gasteiger charge is 2.43. The maximum absolute atomic E-state index is 14.0. The Kier molecular flexibility index (Phi) is 6.71. The first-order valence-electron chi connectivity index (χ1n) is 15.1. The second-order valence-corrected chi connectivity index (χ2v) is 12.9. The molecule has 38 heavy (non-hydrogen) atoms. The molecule has 1 aliphatic heterocycles. The van der Waals surface area contributed by atoms with Gasteiger partial charge in [0.15, 0.2) is 5.78 Å². The number of ketones is 1. The first-order valence-corrected chi connectivity index (χ1v) is 15.1. The number of hydrogen-bond acceptors (Lipinski definition) is 3. The van der Waals surface area contributed by atoms with Crippen molar-refractivity contribution in [3.63, 3.8) is 0 Å². The standard InChI is InChI=1S/C35H42N2O/c1-4-26-19-29-30(21-32(26)37-16-14-24(15-17-37)11-10-23-8-6-5-7-9-23)35(2,3)31-20-27-18-25(22-36)12-13-28(27)33(31)34(29)38/h12-13,18-19,21,23-24H,4-11,14-17,20H2,1-3H3. The molecule has 2 fully saturated rings. The van der Waals surface area contributed by atoms with Crippen LogP contribution in [0.15, 0.2) is 35.9 Å². The summed E-state index contributed by atoms with van der Waals surface area (Å²) < 4.78 is 0. The molecule has 0 amide bonds. The zero-order chi connectivity index (χ0) is 26.4. The van der Waals surface area contributed by atoms with E-state index in [0.29, 0.717) is 5.56 Å². The molecule has 3 aliphatic carbocycles. The summed E-state index contributed by atoms with van der Waals surface area (Å²) in [6.07, 6.45) is 14.4. The van der Waals surface area contributed by atoms with Gasteiger partial charge in [-0.2, -0.15) is 5.26 Å². The SMILES string of the molecule is CCc1cc2c(cc1N1CCC(CCC3CCCCC3)CC1)C(C)(C)C1=C(C2=O)c2ccc(C#N)cc2C1. The Bertz CT molecular complexity index is 1330. The highest BCUT2D eigenvalue weighted by molar-refractivity contribution is 6.33. The molecule has 198 valence electrons. The zero-order valence-corrected chi connectivity index (χ0v) is 23.5. The maximum atomic E-state index is 14.0. The third-order valence-electron chi connectivity index (χ3n) is 10.3. The predicted octanol–water partition coefficient (Wildman–Crippen LogP) is 8.18. The molecule has 0 aromatic heterocycles. The van der Waals surface area contributed by atoms with Crippen LogP contribution in [0.25, 0.3) is 5.57 Å². The van der Waals surface area contributed by atoms with Crippen LogP contribution < -0.4 is 4.90 Å². The van der Waals surface area contributed by atoms with E-state index in [1.54, 1.807) is 0 Å². The number of allylic oxidation sites excluding steroid dienone is 2. The molecule has 1 saturated heterocycles. The minimum Gasteiger partial charge on any atom is -0.371 e. The molecule has 4 aliphatic rings. The molecule has 0 unspecified atom stereocenters. The Hall–Kier alpha value is -2.86. The molecular formula is C35H42N2O. The van der Waals surface area contributed by atoms with E-state index >= 15 is 0 Å². The van der Waals surface area contributed by atoms with Gasteiger partial charge in [0.1, 0.15) is 0 Å². The van der Waals surface area contributed by atoms with Gasteiger partial charge in [-0.15, -0.1) is 0 Å². The van der Waals surface area contributed by atoms with Crippen molar-refractivity contribution < 1.29 is 4.79 Å². The number of carbonyl (C=O) groups is 1. The van der Waals surface area contributed by atoms with Gasteiger partial charge in [-0.3, -0.25) is 4.79 Å². The summed E-state index contributed by atoms with van der Waals surface area (Å²) in [6.45, 7) is 9.06. The summed E-state index contributed by atoms with van der Waals surface area (Å²) in [7, 11) is 0. The van der Waals surface area contributed by atoms with Gasteiger partial charge in [-0.1, -0.05) is 71.8 Å². The highest BCUT2D eigenvalue weighted by Crippen LogP contribution is 2.51. The zero-order valence-electron chi connectivity index (χ0n) is 23.5. The average Bonchev–Trinajstić information content (AvgIpc) is 3.35. The van der Waals surface area contributed by atoms with Crippen molar-refractivity contribution in [3.05, 3.63) is 69.3 Å². The topological polar surface area (TPSA) is 44.1 Å². The Morgan fingerprint density at radius 3 is 2.34 bits per heavy atom. The minimum atomic E-state index is -0.219. The van der Waals surface area contributed by atoms with E-state index in [-0.39, 0.29) is 11.2 Å². The van der Waals surface area contributed by atoms with E-state index in [9.17, 15) is 10.1 Å². The smallest absolute Gasteiger partial charge is 0.193 e. The van der Waals surface area contributed by atoms with Gasteiger partial charge in [0, 0.05) is 35.3 Å². The first kappa shape index (κ1) is 25.4. The van der Waals surface area contributed by atoms with Gasteiger partial charge in [0.2, 0.25) is 0 Å². The van der Waals surface area contributed by atoms with Crippen molar-refractivity contribution in [2.24, 2.45) is 11.8 Å². The molecule has 2 aromatic rings. The molecule has 0 bridgehead atoms. The van der Waals surface area contributed by atoms with Crippen LogP contribution in [0, 0.1) is 23.2 Å². The molecular weight excluding hydrogens is 464 g/mol. The number of benzene rings is 2. The average molecular weight is 507 g/mol. The van der Waals surface area contributed by atoms with Gasteiger partial charge in [0.05, 0.1) is 11.6 Å². The molecule has 3 nitrogen and oxygen atoms in total. The van der Waals surface area contributed by atoms with Crippen LogP contribution in [0.2, 0.25) is 0 Å². The van der Waals surface area contributed by atoms with E-state index in [0.717, 1.165) is 60.0 Å². The largest absolute Gasteiger partial charge is 0.371 e. The second-order valence-electron chi connectivity index (χ2n) is 12.9. The number of fused-ring (bicyclic) bond motifs is 3. The predicted molar refractivity (Wildman–Crippen MR) is 156 cm³/mol. The first-order chi connectivity index (χ1) is 18.4. The monoisotopic (exact) mass is 506 g/mol. The number of anilines is 1. The van der Waals surface area contributed by atoms with Crippen molar-refractivity contribution in [3.8, 4) is 6.07 Å². The summed E-state index contributed by atoms with van der Waals surface area (Å²) >= 11 is 0. The fourth-order valence-electron chi connectivity index (χ4n) is 7.91. The molecule has 6 rings (SSSR count). The number of carbonyl (C=O) groups excluding carboxylic acids is 1. The van der Waals surface area contributed by atoms with Crippen LogP contribution >= 0.6 is 0 Å². The number of rotatable bonds is 5. The Morgan fingerprint density at radius 1 is 0.947 bits per heavy atom. The fraction of sp³-hybridized carbons (Fsp3) is 0.543. The molecule has 0 N–H and O–H groups in total. The van der Waals surface area contributed by atoms with E-state index in [1.807, 2.05) is 18.2 Å². The molecule has 0 radical (unpaired) electrons. The number of piperidine rings is 1. The number of nitriles is 1. The normalized spacial score (nSPS) is 21.2. The molecule has 2 aromatic carbocycles. The van der Waals surface area contributed by atoms with E-state index in [4.69, 9.17) is 0 Å². The van der Waals surface area contributed by atoms with Gasteiger partial charge >= 0.3 is 0 Å². The summed E-state index contributed by atoms with van der Waals surface area (Å²) in [5, 5.41) is 9.41. The Balaban J connectivity index is 1.24. The number of hydrogen-bond donors (Lipinski definition) is 0. The number of aryl methyl sites for hydroxylation is 1. The summed E-state index contributed by atoms with van der Waals surface area (Å²) in [5.41, 5.74) is 9.42. The fourth-order valence-corrected chi connectivity index (χ4v) is 7.91. The van der Waals surface area contributed by atoms with Crippen molar-refractivity contribution >= 4 is 17.0 Å². The third kappa shape index (κ3) is 4.31. The highest BCUT2D eigenvalue weighted by atomic mass is 16.1. The quantitative estimate of drug-likeness (QED) is 0.411. The Labute approximate surface area is 228 Å². The van der Waals surface area contributed by atoms with Crippen LogP contribution in [0.1, 0.15) is 117 Å². The van der Waals surface area contributed by atoms with Gasteiger partial charge in [0.25, 0.3) is 0 Å². The minimum absolute atomic E-state index is 0.167. The van der Waals surface area contributed by atoms with Crippen LogP contribution in [0.3, 0.4) is 0 Å². The van der Waals surface area contributed by atoms with Crippen molar-refractivity contribution in [2.75, 3.05) is 18.0 Å². The van der Waals surface area contributed by atoms with Crippen molar-refractivity contribution in [2.45, 2.75) is 96.8 Å². The van der Waals surface area contributed by atoms with E-state index in [2.05, 4.69) is 43.9 Å². The molecule has 1 heterocycles. The third-order valence-corrected chi connectivity index (χ3v) is 10.3. The summed E-state index contributed by atoms with van der Waals surface area (Å²) in [5.74, 6) is 2.03. The van der Waals surface area contributed by atoms with Crippen LogP contribution in [-0.2, 0) is 18.3 Å². The number of Topliss-reactive ketones (excluding diaryl/α,β-unsaturated/α-hetero) is 1. The van der Waals surface area contributed by atoms with Gasteiger partial charge in [-0.25, -0.2) is 0 Å². The van der Waals surface area contributed by atoms with E-state index in [1.165, 1.54) is 80.2 Å². The van der Waals surface area contributed by atoms with Crippen LogP contribution in [0.5, 0.6) is 0 Å². The lowest BCUT2D eigenvalue weighted by atomic mass is 9.68. The van der Waals surface area contributed by atoms with Crippen LogP contribution in [-0.4, -0.2) is 18.9 Å². The lowest BCUT2D eigenvalue weighted by molar-refractivity contribution is 0.105. The van der Waals surface area contributed by atoms with E-state index < -0.39 is 0 Å². The maximum Gasteiger partial charge on any atom is 0.193 e. The summed E-state index contributed by atoms with van der Waals surface area (Å²) in [4.78, 5) is 16.6. The van der Waals surface area contributed by atoms with Crippen molar-refractivity contribution in [1.29, 1.82) is 5.26 Å². The second kappa shape index (κ2) is 10.0. The summed E-state index contributed by atoms with van der Waals surface area (Å²) in [6, 6.07) is 12.7. The molecule has 0 spiro atoms. The van der Waals surface area contributed by atoms with Crippen molar-refractivity contribution in [1.82, 2.24) is 0 Å². The molecule has 0 atom stereocenters. The van der Waals surface area contributed by atoms with Gasteiger partial charge < -0.3 is 4.90 Å². The van der Waals surface area contributed by atoms with Crippen LogP contribution in [0.4, 0.5) is 5.69 Å². The molecule has 3 heteroatoms. The molecule has 1 saturated carbocycles. The van der Waals surface area contributed by atoms with Gasteiger partial charge in [-0.05, 0) is 89.6 Å².